The van der Waals surface area contributed by atoms with Crippen LogP contribution in [0, 0.1) is 0 Å². The number of carbonyl (C=O) groups is 1. The Labute approximate surface area is 127 Å². The lowest BCUT2D eigenvalue weighted by Gasteiger charge is -2.56. The van der Waals surface area contributed by atoms with Gasteiger partial charge in [-0.3, -0.25) is 9.69 Å². The molecule has 3 heterocycles. The number of fused-ring (bicyclic) bond motifs is 2. The first-order valence-electron chi connectivity index (χ1n) is 7.94. The van der Waals surface area contributed by atoms with E-state index in [1.807, 2.05) is 11.8 Å². The highest BCUT2D eigenvalue weighted by atomic mass is 16.2. The lowest BCUT2D eigenvalue weighted by atomic mass is 9.87. The molecule has 0 aliphatic carbocycles. The molecule has 2 atom stereocenters. The number of carbonyl (C=O) groups excluding carboxylic acids is 1. The van der Waals surface area contributed by atoms with E-state index < -0.39 is 0 Å². The number of allylic oxidation sites excluding steroid dienone is 1. The Kier molecular flexibility index (Phi) is 4.11. The quantitative estimate of drug-likeness (QED) is 0.849. The van der Waals surface area contributed by atoms with Gasteiger partial charge in [0.15, 0.2) is 0 Å². The summed E-state index contributed by atoms with van der Waals surface area (Å²) in [5.74, 6) is 0.306. The largest absolute Gasteiger partial charge is 0.340 e. The summed E-state index contributed by atoms with van der Waals surface area (Å²) < 4.78 is 0. The molecule has 3 aliphatic heterocycles. The molecular formula is C18H24N2O. The zero-order valence-electron chi connectivity index (χ0n) is 13.0. The first kappa shape index (κ1) is 14.3. The molecule has 2 bridgehead atoms. The predicted octanol–water partition coefficient (Wildman–Crippen LogP) is 2.79. The van der Waals surface area contributed by atoms with E-state index in [1.54, 1.807) is 0 Å². The van der Waals surface area contributed by atoms with Crippen LogP contribution >= 0.6 is 0 Å². The van der Waals surface area contributed by atoms with E-state index >= 15 is 0 Å². The van der Waals surface area contributed by atoms with Crippen molar-refractivity contribution in [1.29, 1.82) is 0 Å². The number of rotatable bonds is 4. The fraction of sp³-hybridized carbons (Fsp3) is 0.500. The summed E-state index contributed by atoms with van der Waals surface area (Å²) in [5.41, 5.74) is 2.63. The van der Waals surface area contributed by atoms with Crippen molar-refractivity contribution < 1.29 is 4.79 Å². The zero-order valence-corrected chi connectivity index (χ0v) is 13.0. The summed E-state index contributed by atoms with van der Waals surface area (Å²) in [4.78, 5) is 16.4. The maximum absolute atomic E-state index is 11.8. The molecule has 0 N–H and O–H groups in total. The molecule has 2 unspecified atom stereocenters. The lowest BCUT2D eigenvalue weighted by molar-refractivity contribution is -0.142. The lowest BCUT2D eigenvalue weighted by Crippen LogP contribution is -2.69. The summed E-state index contributed by atoms with van der Waals surface area (Å²) in [6, 6.07) is 11.7. The molecule has 1 aromatic carbocycles. The Morgan fingerprint density at radius 1 is 1.24 bits per heavy atom. The van der Waals surface area contributed by atoms with Gasteiger partial charge in [0.1, 0.15) is 0 Å². The van der Waals surface area contributed by atoms with Crippen molar-refractivity contribution >= 4 is 11.5 Å². The van der Waals surface area contributed by atoms with Gasteiger partial charge in [0.2, 0.25) is 5.91 Å². The van der Waals surface area contributed by atoms with Crippen LogP contribution in [0.15, 0.2) is 36.4 Å². The van der Waals surface area contributed by atoms with Crippen LogP contribution in [-0.4, -0.2) is 47.4 Å². The molecule has 0 radical (unpaired) electrons. The Balaban J connectivity index is 1.58. The van der Waals surface area contributed by atoms with Gasteiger partial charge in [0.25, 0.3) is 0 Å². The molecule has 0 saturated carbocycles. The Hall–Kier alpha value is -1.61. The summed E-state index contributed by atoms with van der Waals surface area (Å²) in [5, 5.41) is 0. The van der Waals surface area contributed by atoms with Crippen molar-refractivity contribution in [1.82, 2.24) is 9.80 Å². The number of benzene rings is 1. The van der Waals surface area contributed by atoms with Gasteiger partial charge in [0.05, 0.1) is 0 Å². The third-order valence-corrected chi connectivity index (χ3v) is 4.84. The minimum Gasteiger partial charge on any atom is -0.340 e. The predicted molar refractivity (Wildman–Crippen MR) is 85.9 cm³/mol. The smallest absolute Gasteiger partial charge is 0.222 e. The molecule has 1 aromatic rings. The fourth-order valence-electron chi connectivity index (χ4n) is 3.47. The third kappa shape index (κ3) is 2.88. The van der Waals surface area contributed by atoms with Crippen LogP contribution in [0.1, 0.15) is 32.3 Å². The number of piperidine rings is 1. The van der Waals surface area contributed by atoms with E-state index in [0.717, 1.165) is 19.6 Å². The summed E-state index contributed by atoms with van der Waals surface area (Å²) in [6.07, 6.45) is 4.21. The molecule has 0 spiro atoms. The second-order valence-corrected chi connectivity index (χ2v) is 6.15. The van der Waals surface area contributed by atoms with Crippen LogP contribution in [0.25, 0.3) is 5.57 Å². The van der Waals surface area contributed by atoms with E-state index in [9.17, 15) is 4.79 Å². The highest BCUT2D eigenvalue weighted by molar-refractivity contribution is 5.76. The standard InChI is InChI=1S/C18H24N2O/c1-3-18(21)19-12-16-11-17(13-19)20(16)10-9-14(2)15-7-5-4-6-8-15/h4-9,16-17H,3,10-13H2,1-2H3. The van der Waals surface area contributed by atoms with Gasteiger partial charge in [0, 0.05) is 38.1 Å². The van der Waals surface area contributed by atoms with Gasteiger partial charge in [-0.25, -0.2) is 0 Å². The zero-order chi connectivity index (χ0) is 14.8. The average Bonchev–Trinajstić information content (AvgIpc) is 2.54. The van der Waals surface area contributed by atoms with Crippen molar-refractivity contribution in [2.24, 2.45) is 0 Å². The fourth-order valence-corrected chi connectivity index (χ4v) is 3.47. The minimum atomic E-state index is 0.306. The van der Waals surface area contributed by atoms with Gasteiger partial charge < -0.3 is 4.90 Å². The van der Waals surface area contributed by atoms with Crippen LogP contribution in [-0.2, 0) is 4.79 Å². The summed E-state index contributed by atoms with van der Waals surface area (Å²) >= 11 is 0. The van der Waals surface area contributed by atoms with Crippen molar-refractivity contribution in [2.45, 2.75) is 38.8 Å². The van der Waals surface area contributed by atoms with Crippen molar-refractivity contribution in [3.05, 3.63) is 42.0 Å². The molecule has 4 rings (SSSR count). The highest BCUT2D eigenvalue weighted by Crippen LogP contribution is 2.32. The van der Waals surface area contributed by atoms with Crippen LogP contribution in [0.2, 0.25) is 0 Å². The molecule has 3 fully saturated rings. The van der Waals surface area contributed by atoms with Crippen LogP contribution < -0.4 is 0 Å². The Morgan fingerprint density at radius 2 is 1.90 bits per heavy atom. The third-order valence-electron chi connectivity index (χ3n) is 4.84. The maximum atomic E-state index is 11.8. The van der Waals surface area contributed by atoms with Crippen molar-refractivity contribution in [2.75, 3.05) is 19.6 Å². The molecule has 1 amide bonds. The van der Waals surface area contributed by atoms with E-state index in [0.29, 0.717) is 24.4 Å². The average molecular weight is 284 g/mol. The van der Waals surface area contributed by atoms with Gasteiger partial charge in [-0.15, -0.1) is 0 Å². The van der Waals surface area contributed by atoms with E-state index in [2.05, 4.69) is 48.2 Å². The second kappa shape index (κ2) is 6.02. The molecule has 112 valence electrons. The molecular weight excluding hydrogens is 260 g/mol. The Bertz CT molecular complexity index is 525. The second-order valence-electron chi connectivity index (χ2n) is 6.15. The topological polar surface area (TPSA) is 23.6 Å². The Morgan fingerprint density at radius 3 is 2.52 bits per heavy atom. The molecule has 3 saturated heterocycles. The molecule has 3 nitrogen and oxygen atoms in total. The van der Waals surface area contributed by atoms with E-state index in [4.69, 9.17) is 0 Å². The van der Waals surface area contributed by atoms with Crippen LogP contribution in [0.4, 0.5) is 0 Å². The van der Waals surface area contributed by atoms with E-state index in [1.165, 1.54) is 17.6 Å². The number of piperazine rings is 1. The van der Waals surface area contributed by atoms with Crippen LogP contribution in [0.5, 0.6) is 0 Å². The molecule has 21 heavy (non-hydrogen) atoms. The SMILES string of the molecule is CCC(=O)N1CC2CC(C1)N2CC=C(C)c1ccccc1. The van der Waals surface area contributed by atoms with Gasteiger partial charge in [-0.05, 0) is 24.5 Å². The number of nitrogens with zero attached hydrogens (tertiary/aromatic N) is 2. The van der Waals surface area contributed by atoms with Crippen LogP contribution in [0.3, 0.4) is 0 Å². The van der Waals surface area contributed by atoms with Crippen molar-refractivity contribution in [3.63, 3.8) is 0 Å². The molecule has 0 aromatic heterocycles. The van der Waals surface area contributed by atoms with E-state index in [-0.39, 0.29) is 0 Å². The van der Waals surface area contributed by atoms with Gasteiger partial charge >= 0.3 is 0 Å². The minimum absolute atomic E-state index is 0.306. The number of hydrogen-bond acceptors (Lipinski definition) is 2. The first-order chi connectivity index (χ1) is 10.2. The monoisotopic (exact) mass is 284 g/mol. The number of amides is 1. The summed E-state index contributed by atoms with van der Waals surface area (Å²) in [6.45, 7) is 6.97. The molecule has 3 aliphatic rings. The van der Waals surface area contributed by atoms with Crippen molar-refractivity contribution in [3.8, 4) is 0 Å². The summed E-state index contributed by atoms with van der Waals surface area (Å²) in [7, 11) is 0. The highest BCUT2D eigenvalue weighted by Gasteiger charge is 2.44. The normalized spacial score (nSPS) is 25.6. The molecule has 3 heteroatoms. The van der Waals surface area contributed by atoms with Gasteiger partial charge in [-0.1, -0.05) is 43.3 Å². The number of hydrogen-bond donors (Lipinski definition) is 0. The first-order valence-corrected chi connectivity index (χ1v) is 7.94. The maximum Gasteiger partial charge on any atom is 0.222 e. The van der Waals surface area contributed by atoms with Gasteiger partial charge in [-0.2, -0.15) is 0 Å².